The average molecular weight is 198 g/mol. The Morgan fingerprint density at radius 1 is 1.36 bits per heavy atom. The second kappa shape index (κ2) is 3.99. The average Bonchev–Trinajstić information content (AvgIpc) is 2.10. The summed E-state index contributed by atoms with van der Waals surface area (Å²) in [5.74, 6) is -1.89. The first-order valence-electron chi connectivity index (χ1n) is 4.09. The van der Waals surface area contributed by atoms with Gasteiger partial charge in [-0.05, 0) is 6.92 Å². The van der Waals surface area contributed by atoms with Crippen LogP contribution in [0.25, 0.3) is 0 Å². The number of carbonyl (C=O) groups excluding carboxylic acids is 4. The maximum atomic E-state index is 11.3. The van der Waals surface area contributed by atoms with Crippen molar-refractivity contribution in [2.75, 3.05) is 13.1 Å². The number of amides is 3. The molecule has 0 radical (unpaired) electrons. The summed E-state index contributed by atoms with van der Waals surface area (Å²) >= 11 is 0. The largest absolute Gasteiger partial charge is 0.326 e. The minimum Gasteiger partial charge on any atom is -0.326 e. The molecule has 0 unspecified atom stereocenters. The molecular weight excluding hydrogens is 188 g/mol. The van der Waals surface area contributed by atoms with Crippen LogP contribution in [0.4, 0.5) is 0 Å². The third-order valence-electron chi connectivity index (χ3n) is 1.69. The third-order valence-corrected chi connectivity index (χ3v) is 1.69. The van der Waals surface area contributed by atoms with Crippen molar-refractivity contribution in [2.45, 2.75) is 13.3 Å². The molecule has 6 heteroatoms. The zero-order valence-corrected chi connectivity index (χ0v) is 7.70. The highest BCUT2D eigenvalue weighted by Crippen LogP contribution is 1.99. The minimum atomic E-state index is -0.619. The molecule has 1 heterocycles. The van der Waals surface area contributed by atoms with Crippen LogP contribution in [-0.4, -0.2) is 41.5 Å². The Morgan fingerprint density at radius 2 is 2.00 bits per heavy atom. The number of carbonyl (C=O) groups is 4. The highest BCUT2D eigenvalue weighted by Gasteiger charge is 2.26. The fourth-order valence-corrected chi connectivity index (χ4v) is 1.16. The van der Waals surface area contributed by atoms with Gasteiger partial charge in [0.15, 0.2) is 0 Å². The highest BCUT2D eigenvalue weighted by molar-refractivity contribution is 6.08. The van der Waals surface area contributed by atoms with E-state index in [0.29, 0.717) is 0 Å². The number of nitrogens with zero attached hydrogens (tertiary/aromatic N) is 1. The predicted molar refractivity (Wildman–Crippen MR) is 45.0 cm³/mol. The van der Waals surface area contributed by atoms with Crippen molar-refractivity contribution >= 4 is 23.5 Å². The lowest BCUT2D eigenvalue weighted by Gasteiger charge is -2.16. The molecule has 0 saturated carbocycles. The van der Waals surface area contributed by atoms with E-state index in [-0.39, 0.29) is 25.3 Å². The van der Waals surface area contributed by atoms with Crippen molar-refractivity contribution in [2.24, 2.45) is 0 Å². The van der Waals surface area contributed by atoms with Crippen LogP contribution in [0.1, 0.15) is 13.3 Å². The van der Waals surface area contributed by atoms with Crippen LogP contribution in [0, 0.1) is 0 Å². The summed E-state index contributed by atoms with van der Waals surface area (Å²) in [6.07, 6.45) is -0.376. The van der Waals surface area contributed by atoms with Gasteiger partial charge in [0.2, 0.25) is 17.7 Å². The van der Waals surface area contributed by atoms with Crippen LogP contribution in [0.3, 0.4) is 0 Å². The van der Waals surface area contributed by atoms with Gasteiger partial charge in [-0.15, -0.1) is 0 Å². The summed E-state index contributed by atoms with van der Waals surface area (Å²) in [6.45, 7) is 0.960. The van der Waals surface area contributed by atoms with Gasteiger partial charge >= 0.3 is 0 Å². The van der Waals surface area contributed by atoms with Crippen LogP contribution in [0.15, 0.2) is 0 Å². The number of imide groups is 1. The van der Waals surface area contributed by atoms with Crippen LogP contribution >= 0.6 is 0 Å². The normalized spacial score (nSPS) is 17.8. The Labute approximate surface area is 80.2 Å². The molecule has 0 atom stereocenters. The molecule has 1 aliphatic rings. The van der Waals surface area contributed by atoms with E-state index in [9.17, 15) is 19.2 Å². The van der Waals surface area contributed by atoms with E-state index in [2.05, 4.69) is 0 Å². The first-order valence-corrected chi connectivity index (χ1v) is 4.09. The highest BCUT2D eigenvalue weighted by atomic mass is 16.2. The molecule has 6 nitrogen and oxygen atoms in total. The molecule has 1 saturated heterocycles. The van der Waals surface area contributed by atoms with E-state index in [1.165, 1.54) is 6.92 Å². The summed E-state index contributed by atoms with van der Waals surface area (Å²) in [5.41, 5.74) is 0. The lowest BCUT2D eigenvalue weighted by molar-refractivity contribution is -0.137. The summed E-state index contributed by atoms with van der Waals surface area (Å²) in [5, 5.41) is 2.02. The number of hydrogen-bond donors (Lipinski definition) is 1. The second-order valence-electron chi connectivity index (χ2n) is 3.10. The molecule has 0 aliphatic carbocycles. The van der Waals surface area contributed by atoms with Crippen LogP contribution < -0.4 is 5.32 Å². The molecule has 1 rings (SSSR count). The van der Waals surface area contributed by atoms with Crippen LogP contribution in [-0.2, 0) is 19.2 Å². The van der Waals surface area contributed by atoms with E-state index in [1.807, 2.05) is 5.32 Å². The van der Waals surface area contributed by atoms with Gasteiger partial charge < -0.3 is 4.90 Å². The summed E-state index contributed by atoms with van der Waals surface area (Å²) < 4.78 is 0. The number of ketones is 1. The van der Waals surface area contributed by atoms with Crippen molar-refractivity contribution in [3.8, 4) is 0 Å². The molecule has 1 fully saturated rings. The van der Waals surface area contributed by atoms with Gasteiger partial charge in [0, 0.05) is 0 Å². The predicted octanol–water partition coefficient (Wildman–Crippen LogP) is -1.55. The summed E-state index contributed by atoms with van der Waals surface area (Å²) in [7, 11) is 0. The minimum absolute atomic E-state index is 0.125. The number of Topliss-reactive ketones (excluding diaryl/α,β-unsaturated/α-hetero) is 1. The Bertz CT molecular complexity index is 310. The third kappa shape index (κ3) is 2.65. The molecule has 0 spiro atoms. The molecule has 0 aromatic rings. The van der Waals surface area contributed by atoms with Gasteiger partial charge in [0.1, 0.15) is 18.7 Å². The van der Waals surface area contributed by atoms with E-state index in [4.69, 9.17) is 0 Å². The number of hydrogen-bond acceptors (Lipinski definition) is 4. The Balaban J connectivity index is 2.73. The summed E-state index contributed by atoms with van der Waals surface area (Å²) in [4.78, 5) is 45.0. The smallest absolute Gasteiger partial charge is 0.246 e. The van der Waals surface area contributed by atoms with Crippen molar-refractivity contribution in [1.29, 1.82) is 0 Å². The van der Waals surface area contributed by atoms with Crippen molar-refractivity contribution < 1.29 is 19.2 Å². The molecule has 0 bridgehead atoms. The molecule has 76 valence electrons. The molecule has 1 aliphatic heterocycles. The van der Waals surface area contributed by atoms with E-state index >= 15 is 0 Å². The van der Waals surface area contributed by atoms with E-state index in [0.717, 1.165) is 4.90 Å². The molecular formula is C8H10N2O4. The first kappa shape index (κ1) is 10.4. The van der Waals surface area contributed by atoms with Gasteiger partial charge in [-0.3, -0.25) is 24.5 Å². The van der Waals surface area contributed by atoms with Gasteiger partial charge in [0.25, 0.3) is 0 Å². The van der Waals surface area contributed by atoms with Crippen molar-refractivity contribution in [1.82, 2.24) is 10.2 Å². The lowest BCUT2D eigenvalue weighted by atomic mass is 10.3. The molecule has 14 heavy (non-hydrogen) atoms. The Morgan fingerprint density at radius 3 is 2.57 bits per heavy atom. The monoisotopic (exact) mass is 198 g/mol. The summed E-state index contributed by atoms with van der Waals surface area (Å²) in [6, 6.07) is 0. The van der Waals surface area contributed by atoms with Crippen LogP contribution in [0.2, 0.25) is 0 Å². The molecule has 0 aromatic heterocycles. The maximum Gasteiger partial charge on any atom is 0.246 e. The van der Waals surface area contributed by atoms with Gasteiger partial charge in [0.05, 0.1) is 6.54 Å². The SMILES string of the molecule is CC(=O)CN1CC(=O)NC(=O)CC1=O. The number of rotatable bonds is 2. The molecule has 3 amide bonds. The van der Waals surface area contributed by atoms with Gasteiger partial charge in [-0.2, -0.15) is 0 Å². The molecule has 0 aromatic carbocycles. The topological polar surface area (TPSA) is 83.6 Å². The fourth-order valence-electron chi connectivity index (χ4n) is 1.16. The van der Waals surface area contributed by atoms with E-state index < -0.39 is 17.7 Å². The van der Waals surface area contributed by atoms with Gasteiger partial charge in [-0.25, -0.2) is 0 Å². The van der Waals surface area contributed by atoms with Gasteiger partial charge in [-0.1, -0.05) is 0 Å². The quantitative estimate of drug-likeness (QED) is 0.430. The maximum absolute atomic E-state index is 11.3. The standard InChI is InChI=1S/C8H10N2O4/c1-5(11)3-10-4-7(13)9-6(12)2-8(10)14/h2-4H2,1H3,(H,9,12,13). The van der Waals surface area contributed by atoms with Crippen molar-refractivity contribution in [3.63, 3.8) is 0 Å². The molecule has 1 N–H and O–H groups in total. The second-order valence-corrected chi connectivity index (χ2v) is 3.10. The number of nitrogens with one attached hydrogen (secondary N) is 1. The van der Waals surface area contributed by atoms with Crippen LogP contribution in [0.5, 0.6) is 0 Å². The fraction of sp³-hybridized carbons (Fsp3) is 0.500. The van der Waals surface area contributed by atoms with Crippen molar-refractivity contribution in [3.05, 3.63) is 0 Å². The Hall–Kier alpha value is -1.72. The zero-order chi connectivity index (χ0) is 10.7. The van der Waals surface area contributed by atoms with E-state index in [1.54, 1.807) is 0 Å². The lowest BCUT2D eigenvalue weighted by Crippen LogP contribution is -2.38. The zero-order valence-electron chi connectivity index (χ0n) is 7.70. The Kier molecular flexibility index (Phi) is 2.95. The first-order chi connectivity index (χ1) is 6.49.